The second-order valence-electron chi connectivity index (χ2n) is 7.84. The van der Waals surface area contributed by atoms with Gasteiger partial charge in [-0.25, -0.2) is 15.0 Å². The van der Waals surface area contributed by atoms with Crippen LogP contribution in [0.5, 0.6) is 0 Å². The first-order chi connectivity index (χ1) is 14.7. The Morgan fingerprint density at radius 3 is 2.60 bits per heavy atom. The Morgan fingerprint density at radius 2 is 1.80 bits per heavy atom. The third-order valence-electron chi connectivity index (χ3n) is 5.71. The van der Waals surface area contributed by atoms with E-state index in [9.17, 15) is 0 Å². The van der Waals surface area contributed by atoms with Crippen molar-refractivity contribution in [2.75, 3.05) is 11.1 Å². The van der Waals surface area contributed by atoms with Crippen molar-refractivity contribution in [3.05, 3.63) is 54.1 Å². The van der Waals surface area contributed by atoms with Crippen LogP contribution >= 0.6 is 11.6 Å². The summed E-state index contributed by atoms with van der Waals surface area (Å²) in [4.78, 5) is 16.5. The fourth-order valence-electron chi connectivity index (χ4n) is 4.16. The molecule has 4 aromatic rings. The maximum Gasteiger partial charge on any atom is 0.137 e. The van der Waals surface area contributed by atoms with E-state index in [0.717, 1.165) is 39.1 Å². The normalized spacial score (nSPS) is 14.8. The van der Waals surface area contributed by atoms with Crippen molar-refractivity contribution in [3.63, 3.8) is 0 Å². The van der Waals surface area contributed by atoms with Crippen molar-refractivity contribution < 1.29 is 0 Å². The average molecular weight is 419 g/mol. The molecule has 0 radical (unpaired) electrons. The maximum absolute atomic E-state index is 6.38. The molecule has 4 aromatic heterocycles. The lowest BCUT2D eigenvalue weighted by atomic mass is 9.95. The molecular weight excluding hydrogens is 396 g/mol. The SMILES string of the molecule is Nc1ccc(-c2cnc3[nH]cc(-c4cc(Cl)nc(NC5CCCCC5)c4)c3c2)cn1. The molecule has 1 aliphatic carbocycles. The molecule has 152 valence electrons. The van der Waals surface area contributed by atoms with Crippen molar-refractivity contribution in [2.45, 2.75) is 38.1 Å². The summed E-state index contributed by atoms with van der Waals surface area (Å²) in [6.07, 6.45) is 11.8. The van der Waals surface area contributed by atoms with E-state index in [1.54, 1.807) is 12.3 Å². The summed E-state index contributed by atoms with van der Waals surface area (Å²) >= 11 is 6.38. The second kappa shape index (κ2) is 7.95. The lowest BCUT2D eigenvalue weighted by molar-refractivity contribution is 0.462. The van der Waals surface area contributed by atoms with Gasteiger partial charge in [0.25, 0.3) is 0 Å². The molecule has 0 aliphatic heterocycles. The molecule has 5 rings (SSSR count). The van der Waals surface area contributed by atoms with Gasteiger partial charge < -0.3 is 16.0 Å². The lowest BCUT2D eigenvalue weighted by Gasteiger charge is -2.23. The Hall–Kier alpha value is -3.12. The summed E-state index contributed by atoms with van der Waals surface area (Å²) in [5.74, 6) is 1.32. The van der Waals surface area contributed by atoms with Gasteiger partial charge in [0, 0.05) is 46.7 Å². The van der Waals surface area contributed by atoms with Crippen LogP contribution in [0.1, 0.15) is 32.1 Å². The minimum Gasteiger partial charge on any atom is -0.384 e. The third-order valence-corrected chi connectivity index (χ3v) is 5.91. The van der Waals surface area contributed by atoms with Gasteiger partial charge in [-0.2, -0.15) is 0 Å². The highest BCUT2D eigenvalue weighted by Crippen LogP contribution is 2.33. The number of hydrogen-bond donors (Lipinski definition) is 3. The molecule has 1 fully saturated rings. The van der Waals surface area contributed by atoms with Gasteiger partial charge in [-0.1, -0.05) is 30.9 Å². The van der Waals surface area contributed by atoms with Gasteiger partial charge in [-0.3, -0.25) is 0 Å². The maximum atomic E-state index is 6.38. The monoisotopic (exact) mass is 418 g/mol. The van der Waals surface area contributed by atoms with Gasteiger partial charge in [0.05, 0.1) is 0 Å². The Morgan fingerprint density at radius 1 is 0.967 bits per heavy atom. The predicted octanol–water partition coefficient (Wildman–Crippen LogP) is 5.67. The van der Waals surface area contributed by atoms with Crippen LogP contribution in [0.4, 0.5) is 11.6 Å². The molecule has 0 bridgehead atoms. The first-order valence-corrected chi connectivity index (χ1v) is 10.7. The Labute approximate surface area is 179 Å². The number of nitrogen functional groups attached to an aromatic ring is 1. The van der Waals surface area contributed by atoms with E-state index in [4.69, 9.17) is 17.3 Å². The number of anilines is 2. The van der Waals surface area contributed by atoms with Crippen LogP contribution < -0.4 is 11.1 Å². The molecular formula is C23H23ClN6. The Balaban J connectivity index is 1.52. The smallest absolute Gasteiger partial charge is 0.137 e. The highest BCUT2D eigenvalue weighted by molar-refractivity contribution is 6.29. The summed E-state index contributed by atoms with van der Waals surface area (Å²) in [5, 5.41) is 5.08. The van der Waals surface area contributed by atoms with Gasteiger partial charge in [0.1, 0.15) is 22.4 Å². The molecule has 0 spiro atoms. The van der Waals surface area contributed by atoms with Crippen LogP contribution in [0.15, 0.2) is 48.9 Å². The van der Waals surface area contributed by atoms with Crippen molar-refractivity contribution in [1.82, 2.24) is 19.9 Å². The first kappa shape index (κ1) is 18.9. The van der Waals surface area contributed by atoms with Gasteiger partial charge in [-0.05, 0) is 48.7 Å². The Kier molecular flexibility index (Phi) is 5.01. The molecule has 0 saturated heterocycles. The molecule has 30 heavy (non-hydrogen) atoms. The van der Waals surface area contributed by atoms with E-state index in [1.165, 1.54) is 32.1 Å². The number of nitrogens with two attached hydrogens (primary N) is 1. The van der Waals surface area contributed by atoms with Crippen molar-refractivity contribution in [2.24, 2.45) is 0 Å². The summed E-state index contributed by atoms with van der Waals surface area (Å²) in [7, 11) is 0. The number of pyridine rings is 3. The van der Waals surface area contributed by atoms with E-state index >= 15 is 0 Å². The quantitative estimate of drug-likeness (QED) is 0.371. The highest BCUT2D eigenvalue weighted by atomic mass is 35.5. The van der Waals surface area contributed by atoms with Crippen molar-refractivity contribution in [1.29, 1.82) is 0 Å². The number of H-pyrrole nitrogens is 1. The van der Waals surface area contributed by atoms with E-state index in [1.807, 2.05) is 24.5 Å². The van der Waals surface area contributed by atoms with Crippen LogP contribution in [-0.2, 0) is 0 Å². The second-order valence-corrected chi connectivity index (χ2v) is 8.22. The predicted molar refractivity (Wildman–Crippen MR) is 122 cm³/mol. The molecule has 6 nitrogen and oxygen atoms in total. The zero-order chi connectivity index (χ0) is 20.5. The lowest BCUT2D eigenvalue weighted by Crippen LogP contribution is -2.22. The summed E-state index contributed by atoms with van der Waals surface area (Å²) in [6, 6.07) is 10.3. The van der Waals surface area contributed by atoms with E-state index in [0.29, 0.717) is 17.0 Å². The number of aromatic amines is 1. The standard InChI is InChI=1S/C23H23ClN6/c24-20-9-15(10-22(30-20)29-17-4-2-1-3-5-17)19-13-28-23-18(19)8-16(12-27-23)14-6-7-21(25)26-11-14/h6-13,17H,1-5H2,(H2,25,26)(H,27,28)(H,29,30). The minimum absolute atomic E-state index is 0.465. The molecule has 0 atom stereocenters. The summed E-state index contributed by atoms with van der Waals surface area (Å²) in [5.41, 5.74) is 10.5. The minimum atomic E-state index is 0.465. The largest absolute Gasteiger partial charge is 0.384 e. The molecule has 4 heterocycles. The van der Waals surface area contributed by atoms with Gasteiger partial charge in [0.2, 0.25) is 0 Å². The van der Waals surface area contributed by atoms with Crippen molar-refractivity contribution >= 4 is 34.3 Å². The molecule has 1 aliphatic rings. The highest BCUT2D eigenvalue weighted by Gasteiger charge is 2.16. The van der Waals surface area contributed by atoms with Gasteiger partial charge >= 0.3 is 0 Å². The zero-order valence-electron chi connectivity index (χ0n) is 16.5. The van der Waals surface area contributed by atoms with Crippen LogP contribution in [0.3, 0.4) is 0 Å². The fraction of sp³-hybridized carbons (Fsp3) is 0.261. The molecule has 4 N–H and O–H groups in total. The van der Waals surface area contributed by atoms with Gasteiger partial charge in [-0.15, -0.1) is 0 Å². The first-order valence-electron chi connectivity index (χ1n) is 10.3. The average Bonchev–Trinajstić information content (AvgIpc) is 3.18. The molecule has 7 heteroatoms. The van der Waals surface area contributed by atoms with Crippen molar-refractivity contribution in [3.8, 4) is 22.3 Å². The topological polar surface area (TPSA) is 92.5 Å². The summed E-state index contributed by atoms with van der Waals surface area (Å²) in [6.45, 7) is 0. The number of aromatic nitrogens is 4. The molecule has 0 aromatic carbocycles. The van der Waals surface area contributed by atoms with Gasteiger partial charge in [0.15, 0.2) is 0 Å². The van der Waals surface area contributed by atoms with Crippen LogP contribution in [0.2, 0.25) is 5.15 Å². The fourth-order valence-corrected chi connectivity index (χ4v) is 4.37. The van der Waals surface area contributed by atoms with Crippen LogP contribution in [0, 0.1) is 0 Å². The molecule has 1 saturated carbocycles. The van der Waals surface area contributed by atoms with Crippen LogP contribution in [-0.4, -0.2) is 26.0 Å². The Bertz CT molecular complexity index is 1180. The number of hydrogen-bond acceptors (Lipinski definition) is 5. The zero-order valence-corrected chi connectivity index (χ0v) is 17.3. The van der Waals surface area contributed by atoms with Crippen LogP contribution in [0.25, 0.3) is 33.3 Å². The number of rotatable bonds is 4. The van der Waals surface area contributed by atoms with E-state index in [2.05, 4.69) is 37.4 Å². The number of fused-ring (bicyclic) bond motifs is 1. The number of nitrogens with zero attached hydrogens (tertiary/aromatic N) is 3. The number of nitrogens with one attached hydrogen (secondary N) is 2. The molecule has 0 unspecified atom stereocenters. The van der Waals surface area contributed by atoms with E-state index < -0.39 is 0 Å². The third kappa shape index (κ3) is 3.83. The number of halogens is 1. The van der Waals surface area contributed by atoms with E-state index in [-0.39, 0.29) is 0 Å². The molecule has 0 amide bonds. The summed E-state index contributed by atoms with van der Waals surface area (Å²) < 4.78 is 0.